The maximum absolute atomic E-state index is 12.0. The first kappa shape index (κ1) is 12.7. The Hall–Kier alpha value is -0.290. The van der Waals surface area contributed by atoms with Crippen molar-refractivity contribution in [1.82, 2.24) is 4.90 Å². The summed E-state index contributed by atoms with van der Waals surface area (Å²) >= 11 is 0. The first-order valence-electron chi connectivity index (χ1n) is 4.40. The number of nitrogens with two attached hydrogens (primary N) is 1. The Balaban J connectivity index is 3.94. The van der Waals surface area contributed by atoms with Gasteiger partial charge >= 0.3 is 6.18 Å². The second-order valence-corrected chi connectivity index (χ2v) is 3.33. The first-order chi connectivity index (χ1) is 5.85. The van der Waals surface area contributed by atoms with Gasteiger partial charge in [-0.15, -0.1) is 0 Å². The van der Waals surface area contributed by atoms with Crippen LogP contribution in [0.15, 0.2) is 0 Å². The lowest BCUT2D eigenvalue weighted by Crippen LogP contribution is -2.41. The average Bonchev–Trinajstić information content (AvgIpc) is 1.81. The lowest BCUT2D eigenvalue weighted by molar-refractivity contribution is -0.146. The van der Waals surface area contributed by atoms with E-state index in [0.717, 1.165) is 0 Å². The minimum Gasteiger partial charge on any atom is -0.327 e. The Labute approximate surface area is 76.9 Å². The van der Waals surface area contributed by atoms with Crippen LogP contribution in [-0.4, -0.2) is 36.8 Å². The first-order valence-corrected chi connectivity index (χ1v) is 4.40. The predicted molar refractivity (Wildman–Crippen MR) is 46.4 cm³/mol. The largest absolute Gasteiger partial charge is 0.401 e. The molecule has 0 radical (unpaired) electrons. The molecule has 0 saturated heterocycles. The molecule has 13 heavy (non-hydrogen) atoms. The van der Waals surface area contributed by atoms with E-state index >= 15 is 0 Å². The van der Waals surface area contributed by atoms with E-state index in [2.05, 4.69) is 0 Å². The van der Waals surface area contributed by atoms with Crippen molar-refractivity contribution in [3.8, 4) is 0 Å². The number of hydrogen-bond acceptors (Lipinski definition) is 2. The van der Waals surface area contributed by atoms with Gasteiger partial charge in [0, 0.05) is 12.6 Å². The molecule has 0 bridgehead atoms. The van der Waals surface area contributed by atoms with Gasteiger partial charge in [-0.1, -0.05) is 6.92 Å². The molecule has 0 aliphatic carbocycles. The lowest BCUT2D eigenvalue weighted by atomic mass is 10.3. The summed E-state index contributed by atoms with van der Waals surface area (Å²) in [5, 5.41) is 0. The third kappa shape index (κ3) is 8.05. The van der Waals surface area contributed by atoms with E-state index in [-0.39, 0.29) is 6.04 Å². The molecule has 0 saturated carbocycles. The van der Waals surface area contributed by atoms with Gasteiger partial charge in [0.1, 0.15) is 0 Å². The van der Waals surface area contributed by atoms with Gasteiger partial charge in [0.2, 0.25) is 0 Å². The summed E-state index contributed by atoms with van der Waals surface area (Å²) in [4.78, 5) is 1.34. The van der Waals surface area contributed by atoms with Gasteiger partial charge in [0.05, 0.1) is 6.54 Å². The number of halogens is 3. The second kappa shape index (κ2) is 5.44. The standard InChI is InChI=1S/C8H17F3N2/c1-3-4-13(5-7(2)12)6-8(9,10)11/h7H,3-6,12H2,1-2H3. The van der Waals surface area contributed by atoms with Crippen molar-refractivity contribution >= 4 is 0 Å². The van der Waals surface area contributed by atoms with Crippen molar-refractivity contribution in [1.29, 1.82) is 0 Å². The van der Waals surface area contributed by atoms with E-state index in [4.69, 9.17) is 5.73 Å². The molecule has 0 aliphatic heterocycles. The van der Waals surface area contributed by atoms with Crippen molar-refractivity contribution in [3.63, 3.8) is 0 Å². The molecule has 1 unspecified atom stereocenters. The average molecular weight is 198 g/mol. The van der Waals surface area contributed by atoms with E-state index in [9.17, 15) is 13.2 Å². The predicted octanol–water partition coefficient (Wildman–Crippen LogP) is 1.61. The highest BCUT2D eigenvalue weighted by Crippen LogP contribution is 2.16. The van der Waals surface area contributed by atoms with Gasteiger partial charge in [0.15, 0.2) is 0 Å². The van der Waals surface area contributed by atoms with Crippen LogP contribution in [0.5, 0.6) is 0 Å². The summed E-state index contributed by atoms with van der Waals surface area (Å²) in [6.07, 6.45) is -3.41. The van der Waals surface area contributed by atoms with Gasteiger partial charge in [-0.05, 0) is 19.9 Å². The molecule has 0 spiro atoms. The zero-order chi connectivity index (χ0) is 10.5. The second-order valence-electron chi connectivity index (χ2n) is 3.33. The van der Waals surface area contributed by atoms with Crippen molar-refractivity contribution in [2.75, 3.05) is 19.6 Å². The Kier molecular flexibility index (Phi) is 5.32. The van der Waals surface area contributed by atoms with Crippen LogP contribution in [0.4, 0.5) is 13.2 Å². The monoisotopic (exact) mass is 198 g/mol. The highest BCUT2D eigenvalue weighted by Gasteiger charge is 2.30. The Morgan fingerprint density at radius 3 is 2.23 bits per heavy atom. The molecular formula is C8H17F3N2. The summed E-state index contributed by atoms with van der Waals surface area (Å²) in [6.45, 7) is 3.44. The zero-order valence-electron chi connectivity index (χ0n) is 8.06. The Morgan fingerprint density at radius 2 is 1.92 bits per heavy atom. The van der Waals surface area contributed by atoms with Crippen LogP contribution in [0.3, 0.4) is 0 Å². The van der Waals surface area contributed by atoms with Gasteiger partial charge < -0.3 is 5.73 Å². The fourth-order valence-corrected chi connectivity index (χ4v) is 1.21. The van der Waals surface area contributed by atoms with Gasteiger partial charge in [-0.2, -0.15) is 13.2 Å². The molecular weight excluding hydrogens is 181 g/mol. The molecule has 0 fully saturated rings. The van der Waals surface area contributed by atoms with E-state index in [1.54, 1.807) is 6.92 Å². The summed E-state index contributed by atoms with van der Waals surface area (Å²) in [7, 11) is 0. The van der Waals surface area contributed by atoms with Crippen LogP contribution in [0.25, 0.3) is 0 Å². The van der Waals surface area contributed by atoms with Crippen molar-refractivity contribution < 1.29 is 13.2 Å². The fraction of sp³-hybridized carbons (Fsp3) is 1.00. The van der Waals surface area contributed by atoms with Crippen LogP contribution in [-0.2, 0) is 0 Å². The lowest BCUT2D eigenvalue weighted by Gasteiger charge is -2.24. The molecule has 80 valence electrons. The van der Waals surface area contributed by atoms with Crippen LogP contribution < -0.4 is 5.73 Å². The van der Waals surface area contributed by atoms with Crippen LogP contribution in [0, 0.1) is 0 Å². The Bertz CT molecular complexity index is 134. The van der Waals surface area contributed by atoms with Gasteiger partial charge in [-0.25, -0.2) is 0 Å². The molecule has 0 heterocycles. The van der Waals surface area contributed by atoms with E-state index < -0.39 is 12.7 Å². The van der Waals surface area contributed by atoms with Crippen molar-refractivity contribution in [3.05, 3.63) is 0 Å². The SMILES string of the molecule is CCCN(CC(C)N)CC(F)(F)F. The molecule has 5 heteroatoms. The molecule has 0 amide bonds. The van der Waals surface area contributed by atoms with E-state index in [1.165, 1.54) is 4.90 Å². The van der Waals surface area contributed by atoms with Crippen molar-refractivity contribution in [2.45, 2.75) is 32.5 Å². The van der Waals surface area contributed by atoms with Crippen LogP contribution in [0.2, 0.25) is 0 Å². The van der Waals surface area contributed by atoms with Crippen molar-refractivity contribution in [2.24, 2.45) is 5.73 Å². The zero-order valence-corrected chi connectivity index (χ0v) is 8.06. The molecule has 0 aromatic heterocycles. The normalized spacial score (nSPS) is 15.0. The molecule has 2 N–H and O–H groups in total. The van der Waals surface area contributed by atoms with Gasteiger partial charge in [-0.3, -0.25) is 4.90 Å². The molecule has 1 atom stereocenters. The number of rotatable bonds is 5. The smallest absolute Gasteiger partial charge is 0.327 e. The maximum Gasteiger partial charge on any atom is 0.401 e. The summed E-state index contributed by atoms with van der Waals surface area (Å²) in [5.41, 5.74) is 5.43. The van der Waals surface area contributed by atoms with Crippen LogP contribution >= 0.6 is 0 Å². The maximum atomic E-state index is 12.0. The molecule has 0 aromatic rings. The summed E-state index contributed by atoms with van der Waals surface area (Å²) in [6, 6.07) is -0.214. The molecule has 0 rings (SSSR count). The third-order valence-electron chi connectivity index (χ3n) is 1.49. The number of hydrogen-bond donors (Lipinski definition) is 1. The number of alkyl halides is 3. The number of nitrogens with zero attached hydrogens (tertiary/aromatic N) is 1. The minimum atomic E-state index is -4.12. The minimum absolute atomic E-state index is 0.214. The summed E-state index contributed by atoms with van der Waals surface area (Å²) < 4.78 is 36.0. The molecule has 0 aromatic carbocycles. The van der Waals surface area contributed by atoms with E-state index in [0.29, 0.717) is 19.5 Å². The quantitative estimate of drug-likeness (QED) is 0.727. The molecule has 0 aliphatic rings. The Morgan fingerprint density at radius 1 is 1.38 bits per heavy atom. The third-order valence-corrected chi connectivity index (χ3v) is 1.49. The fourth-order valence-electron chi connectivity index (χ4n) is 1.21. The highest BCUT2D eigenvalue weighted by atomic mass is 19.4. The highest BCUT2D eigenvalue weighted by molar-refractivity contribution is 4.67. The van der Waals surface area contributed by atoms with Crippen LogP contribution in [0.1, 0.15) is 20.3 Å². The van der Waals surface area contributed by atoms with Gasteiger partial charge in [0.25, 0.3) is 0 Å². The topological polar surface area (TPSA) is 29.3 Å². The molecule has 2 nitrogen and oxygen atoms in total. The summed E-state index contributed by atoms with van der Waals surface area (Å²) in [5.74, 6) is 0. The van der Waals surface area contributed by atoms with E-state index in [1.807, 2.05) is 6.92 Å².